The van der Waals surface area contributed by atoms with E-state index in [1.165, 1.54) is 12.4 Å². The van der Waals surface area contributed by atoms with E-state index in [9.17, 15) is 4.79 Å². The Kier molecular flexibility index (Phi) is 4.54. The third kappa shape index (κ3) is 3.59. The van der Waals surface area contributed by atoms with Crippen molar-refractivity contribution in [1.29, 1.82) is 5.26 Å². The van der Waals surface area contributed by atoms with Gasteiger partial charge in [-0.3, -0.25) is 9.78 Å². The second kappa shape index (κ2) is 7.11. The maximum absolute atomic E-state index is 12.4. The number of carbonyl (C=O) groups excluding carboxylic acids is 1. The van der Waals surface area contributed by atoms with Gasteiger partial charge in [-0.05, 0) is 23.8 Å². The van der Waals surface area contributed by atoms with Crippen LogP contribution in [0.2, 0.25) is 0 Å². The highest BCUT2D eigenvalue weighted by atomic mass is 16.1. The van der Waals surface area contributed by atoms with Crippen LogP contribution in [-0.4, -0.2) is 20.7 Å². The van der Waals surface area contributed by atoms with Crippen LogP contribution in [0.15, 0.2) is 61.2 Å². The van der Waals surface area contributed by atoms with Crippen LogP contribution >= 0.6 is 0 Å². The van der Waals surface area contributed by atoms with Crippen molar-refractivity contribution in [1.82, 2.24) is 15.0 Å². The number of carbonyl (C=O) groups is 1. The molecule has 3 aromatic rings. The number of nitriles is 1. The minimum atomic E-state index is -0.217. The van der Waals surface area contributed by atoms with Gasteiger partial charge in [0, 0.05) is 36.9 Å². The van der Waals surface area contributed by atoms with Gasteiger partial charge >= 0.3 is 0 Å². The van der Waals surface area contributed by atoms with Crippen molar-refractivity contribution in [3.05, 3.63) is 83.4 Å². The Bertz CT molecular complexity index is 885. The Hall–Kier alpha value is -3.59. The second-order valence-electron chi connectivity index (χ2n) is 5.03. The number of benzene rings is 1. The molecule has 0 fully saturated rings. The van der Waals surface area contributed by atoms with Gasteiger partial charge in [0.2, 0.25) is 5.95 Å². The Morgan fingerprint density at radius 3 is 2.62 bits per heavy atom. The van der Waals surface area contributed by atoms with Gasteiger partial charge in [0.25, 0.3) is 0 Å². The molecule has 6 nitrogen and oxygen atoms in total. The lowest BCUT2D eigenvalue weighted by atomic mass is 10.0. The summed E-state index contributed by atoms with van der Waals surface area (Å²) in [6, 6.07) is 12.4. The number of nitrogens with zero attached hydrogens (tertiary/aromatic N) is 4. The van der Waals surface area contributed by atoms with Gasteiger partial charge in [-0.1, -0.05) is 18.2 Å². The van der Waals surface area contributed by atoms with Crippen LogP contribution in [0.1, 0.15) is 27.0 Å². The van der Waals surface area contributed by atoms with Crippen LogP contribution in [-0.2, 0) is 6.54 Å². The van der Waals surface area contributed by atoms with E-state index in [1.807, 2.05) is 18.2 Å². The van der Waals surface area contributed by atoms with Crippen molar-refractivity contribution in [3.8, 4) is 6.07 Å². The summed E-state index contributed by atoms with van der Waals surface area (Å²) in [7, 11) is 0. The average molecular weight is 315 g/mol. The fourth-order valence-electron chi connectivity index (χ4n) is 2.12. The Morgan fingerprint density at radius 2 is 1.92 bits per heavy atom. The molecule has 116 valence electrons. The van der Waals surface area contributed by atoms with Crippen LogP contribution in [0.3, 0.4) is 0 Å². The van der Waals surface area contributed by atoms with Crippen molar-refractivity contribution in [2.45, 2.75) is 6.54 Å². The lowest BCUT2D eigenvalue weighted by Gasteiger charge is -2.05. The fraction of sp³-hybridized carbons (Fsp3) is 0.0556. The molecule has 2 aromatic heterocycles. The molecule has 1 N–H and O–H groups in total. The van der Waals surface area contributed by atoms with Crippen molar-refractivity contribution < 1.29 is 4.79 Å². The number of aromatic nitrogens is 3. The summed E-state index contributed by atoms with van der Waals surface area (Å²) in [5, 5.41) is 12.0. The van der Waals surface area contributed by atoms with Crippen molar-refractivity contribution in [2.75, 3.05) is 5.32 Å². The maximum Gasteiger partial charge on any atom is 0.222 e. The summed E-state index contributed by atoms with van der Waals surface area (Å²) < 4.78 is 0. The highest BCUT2D eigenvalue weighted by molar-refractivity contribution is 6.08. The van der Waals surface area contributed by atoms with E-state index in [0.29, 0.717) is 29.2 Å². The number of rotatable bonds is 5. The zero-order valence-corrected chi connectivity index (χ0v) is 12.7. The van der Waals surface area contributed by atoms with Crippen LogP contribution in [0, 0.1) is 11.3 Å². The summed E-state index contributed by atoms with van der Waals surface area (Å²) in [6.45, 7) is 0.547. The Balaban J connectivity index is 1.69. The summed E-state index contributed by atoms with van der Waals surface area (Å²) in [5.41, 5.74) is 2.26. The molecular weight excluding hydrogens is 302 g/mol. The smallest absolute Gasteiger partial charge is 0.222 e. The van der Waals surface area contributed by atoms with E-state index in [4.69, 9.17) is 5.26 Å². The normalized spacial score (nSPS) is 9.96. The van der Waals surface area contributed by atoms with Crippen molar-refractivity contribution >= 4 is 11.7 Å². The number of anilines is 1. The van der Waals surface area contributed by atoms with Gasteiger partial charge in [-0.25, -0.2) is 9.97 Å². The van der Waals surface area contributed by atoms with E-state index in [1.54, 1.807) is 36.7 Å². The molecule has 0 aliphatic heterocycles. The molecule has 2 heterocycles. The van der Waals surface area contributed by atoms with Gasteiger partial charge in [0.1, 0.15) is 0 Å². The summed E-state index contributed by atoms with van der Waals surface area (Å²) >= 11 is 0. The third-order valence-corrected chi connectivity index (χ3v) is 3.34. The molecule has 0 spiro atoms. The molecule has 0 bridgehead atoms. The molecule has 0 saturated heterocycles. The van der Waals surface area contributed by atoms with Crippen molar-refractivity contribution in [3.63, 3.8) is 0 Å². The van der Waals surface area contributed by atoms with Gasteiger partial charge in [-0.15, -0.1) is 0 Å². The zero-order chi connectivity index (χ0) is 16.8. The molecular formula is C18H13N5O. The number of nitrogens with one attached hydrogen (secondary N) is 1. The summed E-state index contributed by atoms with van der Waals surface area (Å²) in [4.78, 5) is 24.7. The van der Waals surface area contributed by atoms with Crippen LogP contribution < -0.4 is 5.32 Å². The molecule has 3 rings (SSSR count). The molecule has 0 aliphatic carbocycles. The SMILES string of the molecule is N#Cc1cccc(C(=O)c2cnc(NCc3cccnc3)nc2)c1. The highest BCUT2D eigenvalue weighted by Crippen LogP contribution is 2.11. The standard InChI is InChI=1S/C18H13N5O/c19-8-13-3-1-5-15(7-13)17(24)16-11-22-18(23-12-16)21-10-14-4-2-6-20-9-14/h1-7,9,11-12H,10H2,(H,21,22,23). The number of hydrogen-bond acceptors (Lipinski definition) is 6. The lowest BCUT2D eigenvalue weighted by Crippen LogP contribution is -2.07. The first-order chi connectivity index (χ1) is 11.8. The molecule has 0 amide bonds. The van der Waals surface area contributed by atoms with E-state index in [2.05, 4.69) is 20.3 Å². The first kappa shape index (κ1) is 15.3. The number of pyridine rings is 1. The topological polar surface area (TPSA) is 91.6 Å². The summed E-state index contributed by atoms with van der Waals surface area (Å²) in [6.07, 6.45) is 6.41. The molecule has 1 aromatic carbocycles. The predicted molar refractivity (Wildman–Crippen MR) is 88.2 cm³/mol. The van der Waals surface area contributed by atoms with Crippen LogP contribution in [0.4, 0.5) is 5.95 Å². The first-order valence-corrected chi connectivity index (χ1v) is 7.26. The fourth-order valence-corrected chi connectivity index (χ4v) is 2.12. The van der Waals surface area contributed by atoms with Gasteiger partial charge in [-0.2, -0.15) is 5.26 Å². The molecule has 0 radical (unpaired) electrons. The summed E-state index contributed by atoms with van der Waals surface area (Å²) in [5.74, 6) is 0.215. The minimum Gasteiger partial charge on any atom is -0.350 e. The van der Waals surface area contributed by atoms with E-state index in [-0.39, 0.29) is 5.78 Å². The van der Waals surface area contributed by atoms with E-state index in [0.717, 1.165) is 5.56 Å². The van der Waals surface area contributed by atoms with Crippen LogP contribution in [0.25, 0.3) is 0 Å². The second-order valence-corrected chi connectivity index (χ2v) is 5.03. The molecule has 0 atom stereocenters. The Labute approximate surface area is 138 Å². The minimum absolute atomic E-state index is 0.217. The highest BCUT2D eigenvalue weighted by Gasteiger charge is 2.11. The molecule has 24 heavy (non-hydrogen) atoms. The quantitative estimate of drug-likeness (QED) is 0.728. The third-order valence-electron chi connectivity index (χ3n) is 3.34. The largest absolute Gasteiger partial charge is 0.350 e. The lowest BCUT2D eigenvalue weighted by molar-refractivity contribution is 0.103. The molecule has 6 heteroatoms. The monoisotopic (exact) mass is 315 g/mol. The number of hydrogen-bond donors (Lipinski definition) is 1. The number of ketones is 1. The van der Waals surface area contributed by atoms with E-state index >= 15 is 0 Å². The van der Waals surface area contributed by atoms with Gasteiger partial charge in [0.05, 0.1) is 17.2 Å². The van der Waals surface area contributed by atoms with Crippen molar-refractivity contribution in [2.24, 2.45) is 0 Å². The average Bonchev–Trinajstić information content (AvgIpc) is 2.67. The van der Waals surface area contributed by atoms with Crippen LogP contribution in [0.5, 0.6) is 0 Å². The first-order valence-electron chi connectivity index (χ1n) is 7.26. The Morgan fingerprint density at radius 1 is 1.08 bits per heavy atom. The predicted octanol–water partition coefficient (Wildman–Crippen LogP) is 2.59. The zero-order valence-electron chi connectivity index (χ0n) is 12.7. The van der Waals surface area contributed by atoms with Gasteiger partial charge in [0.15, 0.2) is 5.78 Å². The molecule has 0 unspecified atom stereocenters. The van der Waals surface area contributed by atoms with Gasteiger partial charge < -0.3 is 5.32 Å². The van der Waals surface area contributed by atoms with E-state index < -0.39 is 0 Å². The molecule has 0 saturated carbocycles. The molecule has 0 aliphatic rings. The maximum atomic E-state index is 12.4.